The van der Waals surface area contributed by atoms with E-state index in [4.69, 9.17) is 4.74 Å². The minimum Gasteiger partial charge on any atom is -0.463 e. The molecule has 5 nitrogen and oxygen atoms in total. The lowest BCUT2D eigenvalue weighted by Crippen LogP contribution is -2.37. The van der Waals surface area contributed by atoms with Crippen molar-refractivity contribution in [1.82, 2.24) is 4.98 Å². The first-order valence-electron chi connectivity index (χ1n) is 9.24. The molecular formula is C23H20N2O3. The second-order valence-electron chi connectivity index (χ2n) is 6.62. The third-order valence-electron chi connectivity index (χ3n) is 4.95. The first-order chi connectivity index (χ1) is 13.6. The molecule has 3 aromatic rings. The fraction of sp³-hybridized carbons (Fsp3) is 0.174. The second kappa shape index (κ2) is 7.27. The van der Waals surface area contributed by atoms with Gasteiger partial charge in [-0.05, 0) is 37.6 Å². The lowest BCUT2D eigenvalue weighted by molar-refractivity contribution is -0.138. The van der Waals surface area contributed by atoms with E-state index in [1.807, 2.05) is 54.6 Å². The zero-order valence-corrected chi connectivity index (χ0v) is 15.8. The predicted molar refractivity (Wildman–Crippen MR) is 108 cm³/mol. The molecule has 0 saturated heterocycles. The van der Waals surface area contributed by atoms with E-state index >= 15 is 0 Å². The van der Waals surface area contributed by atoms with Crippen molar-refractivity contribution in [2.75, 3.05) is 11.5 Å². The van der Waals surface area contributed by atoms with Crippen LogP contribution in [0.4, 0.5) is 5.69 Å². The van der Waals surface area contributed by atoms with Crippen molar-refractivity contribution in [3.05, 3.63) is 83.2 Å². The number of carbonyl (C=O) groups is 2. The molecule has 5 heteroatoms. The first kappa shape index (κ1) is 17.9. The van der Waals surface area contributed by atoms with E-state index in [0.717, 1.165) is 10.9 Å². The highest BCUT2D eigenvalue weighted by molar-refractivity contribution is 6.15. The second-order valence-corrected chi connectivity index (χ2v) is 6.62. The van der Waals surface area contributed by atoms with Crippen LogP contribution in [0.3, 0.4) is 0 Å². The largest absolute Gasteiger partial charge is 0.463 e. The summed E-state index contributed by atoms with van der Waals surface area (Å²) in [6.45, 7) is 3.76. The van der Waals surface area contributed by atoms with E-state index in [1.165, 1.54) is 0 Å². The molecular weight excluding hydrogens is 352 g/mol. The Hall–Kier alpha value is -3.47. The maximum Gasteiger partial charge on any atom is 0.335 e. The van der Waals surface area contributed by atoms with Gasteiger partial charge in [-0.2, -0.15) is 0 Å². The number of aromatic nitrogens is 1. The number of esters is 1. The van der Waals surface area contributed by atoms with Gasteiger partial charge in [-0.1, -0.05) is 36.4 Å². The average Bonchev–Trinajstić information content (AvgIpc) is 2.73. The summed E-state index contributed by atoms with van der Waals surface area (Å²) in [5.41, 5.74) is 3.97. The van der Waals surface area contributed by atoms with Gasteiger partial charge in [-0.15, -0.1) is 0 Å². The van der Waals surface area contributed by atoms with Crippen LogP contribution in [0.1, 0.15) is 29.8 Å². The highest BCUT2D eigenvalue weighted by atomic mass is 16.5. The summed E-state index contributed by atoms with van der Waals surface area (Å²) in [6.07, 6.45) is 2.17. The number of amides is 1. The molecule has 0 N–H and O–H groups in total. The van der Waals surface area contributed by atoms with Crippen LogP contribution in [-0.2, 0) is 16.0 Å². The highest BCUT2D eigenvalue weighted by Crippen LogP contribution is 2.35. The number of fused-ring (bicyclic) bond motifs is 2. The monoisotopic (exact) mass is 372 g/mol. The average molecular weight is 372 g/mol. The summed E-state index contributed by atoms with van der Waals surface area (Å²) in [5, 5.41) is 0.930. The summed E-state index contributed by atoms with van der Waals surface area (Å²) in [5.74, 6) is -0.582. The van der Waals surface area contributed by atoms with Gasteiger partial charge < -0.3 is 4.74 Å². The molecule has 2 aromatic carbocycles. The number of nitrogens with zero attached hydrogens (tertiary/aromatic N) is 2. The molecule has 4 rings (SSSR count). The molecule has 0 fully saturated rings. The lowest BCUT2D eigenvalue weighted by atomic mass is 9.93. The highest BCUT2D eigenvalue weighted by Gasteiger charge is 2.33. The van der Waals surface area contributed by atoms with Crippen molar-refractivity contribution < 1.29 is 14.3 Å². The van der Waals surface area contributed by atoms with Gasteiger partial charge in [0, 0.05) is 29.3 Å². The standard InChI is InChI=1S/C23H20N2O3/c1-3-28-23(27)15(2)20-14-17-8-4-5-11-18(17)22(26)25(20)19-12-6-9-16-10-7-13-24-21(16)19/h4-13H,3,14H2,1-2H3/b20-15+. The Morgan fingerprint density at radius 3 is 2.71 bits per heavy atom. The zero-order valence-electron chi connectivity index (χ0n) is 15.8. The lowest BCUT2D eigenvalue weighted by Gasteiger charge is -2.32. The van der Waals surface area contributed by atoms with Crippen LogP contribution < -0.4 is 4.90 Å². The summed E-state index contributed by atoms with van der Waals surface area (Å²) < 4.78 is 5.20. The molecule has 0 spiro atoms. The van der Waals surface area contributed by atoms with Crippen LogP contribution in [-0.4, -0.2) is 23.5 Å². The van der Waals surface area contributed by atoms with Crippen LogP contribution in [0.2, 0.25) is 0 Å². The molecule has 0 unspecified atom stereocenters. The van der Waals surface area contributed by atoms with Crippen molar-refractivity contribution >= 4 is 28.5 Å². The summed E-state index contributed by atoms with van der Waals surface area (Å²) >= 11 is 0. The molecule has 0 bridgehead atoms. The predicted octanol–water partition coefficient (Wildman–Crippen LogP) is 4.27. The fourth-order valence-corrected chi connectivity index (χ4v) is 3.57. The number of pyridine rings is 1. The molecule has 0 aliphatic carbocycles. The minimum atomic E-state index is -0.414. The first-order valence-corrected chi connectivity index (χ1v) is 9.24. The van der Waals surface area contributed by atoms with Gasteiger partial charge >= 0.3 is 5.97 Å². The third-order valence-corrected chi connectivity index (χ3v) is 4.95. The van der Waals surface area contributed by atoms with Gasteiger partial charge in [0.25, 0.3) is 5.91 Å². The van der Waals surface area contributed by atoms with Crippen LogP contribution in [0.15, 0.2) is 72.1 Å². The number of hydrogen-bond donors (Lipinski definition) is 0. The van der Waals surface area contributed by atoms with Crippen molar-refractivity contribution in [3.8, 4) is 0 Å². The Balaban J connectivity index is 1.97. The van der Waals surface area contributed by atoms with Crippen LogP contribution in [0.25, 0.3) is 10.9 Å². The number of allylic oxidation sites excluding steroid dienone is 1. The van der Waals surface area contributed by atoms with Gasteiger partial charge in [0.05, 0.1) is 23.4 Å². The van der Waals surface area contributed by atoms with E-state index < -0.39 is 5.97 Å². The van der Waals surface area contributed by atoms with Gasteiger partial charge in [0.2, 0.25) is 0 Å². The number of carbonyl (C=O) groups excluding carboxylic acids is 2. The van der Waals surface area contributed by atoms with Crippen molar-refractivity contribution in [3.63, 3.8) is 0 Å². The zero-order chi connectivity index (χ0) is 19.7. The van der Waals surface area contributed by atoms with E-state index in [0.29, 0.717) is 34.5 Å². The number of rotatable bonds is 3. The van der Waals surface area contributed by atoms with Gasteiger partial charge in [-0.3, -0.25) is 14.7 Å². The van der Waals surface area contributed by atoms with Crippen LogP contribution >= 0.6 is 0 Å². The molecule has 28 heavy (non-hydrogen) atoms. The molecule has 0 saturated carbocycles. The summed E-state index contributed by atoms with van der Waals surface area (Å²) in [6, 6.07) is 17.0. The Morgan fingerprint density at radius 1 is 1.11 bits per heavy atom. The Kier molecular flexibility index (Phi) is 4.65. The van der Waals surface area contributed by atoms with E-state index in [1.54, 1.807) is 24.9 Å². The maximum atomic E-state index is 13.5. The summed E-state index contributed by atoms with van der Waals surface area (Å²) in [7, 11) is 0. The van der Waals surface area contributed by atoms with Crippen LogP contribution in [0, 0.1) is 0 Å². The number of ether oxygens (including phenoxy) is 1. The van der Waals surface area contributed by atoms with Crippen molar-refractivity contribution in [1.29, 1.82) is 0 Å². The molecule has 1 aliphatic rings. The van der Waals surface area contributed by atoms with Crippen molar-refractivity contribution in [2.45, 2.75) is 20.3 Å². The molecule has 1 aromatic heterocycles. The quantitative estimate of drug-likeness (QED) is 0.509. The number of benzene rings is 2. The maximum absolute atomic E-state index is 13.5. The Bertz CT molecular complexity index is 1110. The summed E-state index contributed by atoms with van der Waals surface area (Å²) in [4.78, 5) is 32.0. The normalized spacial score (nSPS) is 15.4. The fourth-order valence-electron chi connectivity index (χ4n) is 3.57. The third kappa shape index (κ3) is 2.95. The molecule has 2 heterocycles. The number of anilines is 1. The van der Waals surface area contributed by atoms with Gasteiger partial charge in [0.1, 0.15) is 0 Å². The molecule has 140 valence electrons. The minimum absolute atomic E-state index is 0.168. The van der Waals surface area contributed by atoms with E-state index in [9.17, 15) is 9.59 Å². The Morgan fingerprint density at radius 2 is 1.89 bits per heavy atom. The number of hydrogen-bond acceptors (Lipinski definition) is 4. The van der Waals surface area contributed by atoms with E-state index in [2.05, 4.69) is 4.98 Å². The Labute approximate surface area is 163 Å². The SMILES string of the molecule is CCOC(=O)/C(C)=C1\Cc2ccccc2C(=O)N1c1cccc2cccnc12. The van der Waals surface area contributed by atoms with Crippen LogP contribution in [0.5, 0.6) is 0 Å². The molecule has 1 amide bonds. The topological polar surface area (TPSA) is 59.5 Å². The molecule has 0 radical (unpaired) electrons. The molecule has 0 atom stereocenters. The van der Waals surface area contributed by atoms with E-state index in [-0.39, 0.29) is 12.5 Å². The van der Waals surface area contributed by atoms with Crippen molar-refractivity contribution in [2.24, 2.45) is 0 Å². The van der Waals surface area contributed by atoms with Gasteiger partial charge in [0.15, 0.2) is 0 Å². The molecule has 1 aliphatic heterocycles. The number of para-hydroxylation sites is 1. The smallest absolute Gasteiger partial charge is 0.335 e. The van der Waals surface area contributed by atoms with Gasteiger partial charge in [-0.25, -0.2) is 4.79 Å².